The zero-order chi connectivity index (χ0) is 23.9. The summed E-state index contributed by atoms with van der Waals surface area (Å²) in [7, 11) is 0. The van der Waals surface area contributed by atoms with E-state index in [9.17, 15) is 9.59 Å². The lowest BCUT2D eigenvalue weighted by atomic mass is 10.2. The van der Waals surface area contributed by atoms with Crippen molar-refractivity contribution in [2.45, 2.75) is 13.3 Å². The lowest BCUT2D eigenvalue weighted by Crippen LogP contribution is -2.38. The monoisotopic (exact) mass is 478 g/mol. The van der Waals surface area contributed by atoms with Crippen molar-refractivity contribution in [3.63, 3.8) is 0 Å². The molecule has 0 radical (unpaired) electrons. The second-order valence-electron chi connectivity index (χ2n) is 8.22. The molecule has 1 aliphatic rings. The maximum absolute atomic E-state index is 13.3. The second kappa shape index (κ2) is 11.1. The first-order valence-electron chi connectivity index (χ1n) is 11.2. The topological polar surface area (TPSA) is 74.8 Å². The molecule has 1 N–H and O–H groups in total. The Hall–Kier alpha value is -3.42. The van der Waals surface area contributed by atoms with Gasteiger partial charge in [-0.05, 0) is 49.7 Å². The van der Waals surface area contributed by atoms with Crippen LogP contribution in [0.5, 0.6) is 11.6 Å². The van der Waals surface area contributed by atoms with Gasteiger partial charge in [-0.1, -0.05) is 41.4 Å². The number of rotatable bonds is 6. The Morgan fingerprint density at radius 3 is 2.59 bits per heavy atom. The predicted octanol–water partition coefficient (Wildman–Crippen LogP) is 4.62. The number of nitrogens with one attached hydrogen (secondary N) is 1. The van der Waals surface area contributed by atoms with Gasteiger partial charge in [0.1, 0.15) is 11.3 Å². The minimum absolute atomic E-state index is 0.127. The Morgan fingerprint density at radius 1 is 1.00 bits per heavy atom. The van der Waals surface area contributed by atoms with Crippen molar-refractivity contribution in [3.8, 4) is 11.6 Å². The molecule has 176 valence electrons. The van der Waals surface area contributed by atoms with Gasteiger partial charge in [0.15, 0.2) is 0 Å². The normalized spacial score (nSPS) is 14.4. The summed E-state index contributed by atoms with van der Waals surface area (Å²) in [5.74, 6) is 0.660. The van der Waals surface area contributed by atoms with Crippen LogP contribution in [-0.2, 0) is 4.79 Å². The average Bonchev–Trinajstić information content (AvgIpc) is 3.07. The molecule has 2 aromatic carbocycles. The van der Waals surface area contributed by atoms with Crippen LogP contribution in [0.15, 0.2) is 66.9 Å². The Balaban J connectivity index is 1.37. The number of benzene rings is 2. The number of hydrogen-bond donors (Lipinski definition) is 1. The Bertz CT molecular complexity index is 1150. The zero-order valence-electron chi connectivity index (χ0n) is 19.0. The van der Waals surface area contributed by atoms with Crippen LogP contribution in [0, 0.1) is 6.92 Å². The molecule has 0 atom stereocenters. The fourth-order valence-corrected chi connectivity index (χ4v) is 3.99. The molecule has 8 heteroatoms. The first-order valence-corrected chi connectivity index (χ1v) is 11.6. The first kappa shape index (κ1) is 23.7. The van der Waals surface area contributed by atoms with Crippen LogP contribution in [0.1, 0.15) is 22.3 Å². The molecule has 3 aromatic rings. The number of pyridine rings is 1. The molecule has 7 nitrogen and oxygen atoms in total. The van der Waals surface area contributed by atoms with Gasteiger partial charge in [-0.2, -0.15) is 0 Å². The van der Waals surface area contributed by atoms with Gasteiger partial charge < -0.3 is 15.0 Å². The van der Waals surface area contributed by atoms with E-state index in [0.29, 0.717) is 41.7 Å². The standard InChI is InChI=1S/C26H27ClN4O3/c1-19-9-11-20(12-10-19)34-25-21(6-4-13-28-25)26(33)31-15-5-14-30(16-17-31)18-24(32)29-23-8-3-2-7-22(23)27/h2-4,6-13H,5,14-18H2,1H3,(H,29,32). The number of ether oxygens (including phenoxy) is 1. The average molecular weight is 479 g/mol. The van der Waals surface area contributed by atoms with Gasteiger partial charge in [-0.25, -0.2) is 4.98 Å². The van der Waals surface area contributed by atoms with Gasteiger partial charge in [0.2, 0.25) is 11.8 Å². The highest BCUT2D eigenvalue weighted by Crippen LogP contribution is 2.25. The molecule has 0 bridgehead atoms. The van der Waals surface area contributed by atoms with Crippen LogP contribution >= 0.6 is 11.6 Å². The third-order valence-corrected chi connectivity index (χ3v) is 5.96. The van der Waals surface area contributed by atoms with Gasteiger partial charge >= 0.3 is 0 Å². The van der Waals surface area contributed by atoms with E-state index in [1.807, 2.05) is 48.2 Å². The lowest BCUT2D eigenvalue weighted by molar-refractivity contribution is -0.117. The van der Waals surface area contributed by atoms with Crippen molar-refractivity contribution in [2.24, 2.45) is 0 Å². The summed E-state index contributed by atoms with van der Waals surface area (Å²) >= 11 is 6.13. The van der Waals surface area contributed by atoms with E-state index < -0.39 is 0 Å². The molecule has 1 aromatic heterocycles. The molecule has 34 heavy (non-hydrogen) atoms. The Kier molecular flexibility index (Phi) is 7.77. The molecule has 2 amide bonds. The third kappa shape index (κ3) is 6.12. The number of carbonyl (C=O) groups is 2. The lowest BCUT2D eigenvalue weighted by Gasteiger charge is -2.22. The summed E-state index contributed by atoms with van der Waals surface area (Å²) in [4.78, 5) is 34.0. The van der Waals surface area contributed by atoms with Gasteiger partial charge in [-0.3, -0.25) is 14.5 Å². The van der Waals surface area contributed by atoms with Crippen molar-refractivity contribution in [1.82, 2.24) is 14.8 Å². The number of aromatic nitrogens is 1. The second-order valence-corrected chi connectivity index (χ2v) is 8.63. The summed E-state index contributed by atoms with van der Waals surface area (Å²) < 4.78 is 5.91. The van der Waals surface area contributed by atoms with Gasteiger partial charge in [-0.15, -0.1) is 0 Å². The molecular weight excluding hydrogens is 452 g/mol. The summed E-state index contributed by atoms with van der Waals surface area (Å²) in [5.41, 5.74) is 2.14. The minimum Gasteiger partial charge on any atom is -0.438 e. The number of amides is 2. The Morgan fingerprint density at radius 2 is 1.79 bits per heavy atom. The fraction of sp³-hybridized carbons (Fsp3) is 0.269. The minimum atomic E-state index is -0.131. The van der Waals surface area contributed by atoms with Gasteiger partial charge in [0.25, 0.3) is 5.91 Å². The fourth-order valence-electron chi connectivity index (χ4n) is 3.81. The third-order valence-electron chi connectivity index (χ3n) is 5.63. The smallest absolute Gasteiger partial charge is 0.259 e. The van der Waals surface area contributed by atoms with Crippen molar-refractivity contribution in [3.05, 3.63) is 83.0 Å². The van der Waals surface area contributed by atoms with Crippen molar-refractivity contribution in [2.75, 3.05) is 38.0 Å². The first-order chi connectivity index (χ1) is 16.5. The highest BCUT2D eigenvalue weighted by Gasteiger charge is 2.24. The van der Waals surface area contributed by atoms with Crippen molar-refractivity contribution < 1.29 is 14.3 Å². The SMILES string of the molecule is Cc1ccc(Oc2ncccc2C(=O)N2CCCN(CC(=O)Nc3ccccc3Cl)CC2)cc1. The van der Waals surface area contributed by atoms with Crippen molar-refractivity contribution >= 4 is 29.1 Å². The van der Waals surface area contributed by atoms with Gasteiger partial charge in [0.05, 0.1) is 17.3 Å². The number of para-hydroxylation sites is 1. The molecule has 1 saturated heterocycles. The van der Waals surface area contributed by atoms with E-state index in [1.54, 1.807) is 35.4 Å². The largest absolute Gasteiger partial charge is 0.438 e. The van der Waals surface area contributed by atoms with E-state index in [0.717, 1.165) is 18.5 Å². The summed E-state index contributed by atoms with van der Waals surface area (Å²) in [6.07, 6.45) is 2.38. The van der Waals surface area contributed by atoms with Crippen LogP contribution in [0.25, 0.3) is 0 Å². The number of aryl methyl sites for hydroxylation is 1. The molecule has 0 saturated carbocycles. The van der Waals surface area contributed by atoms with Crippen LogP contribution in [-0.4, -0.2) is 59.3 Å². The molecule has 0 spiro atoms. The Labute approximate surface area is 204 Å². The molecule has 1 aliphatic heterocycles. The van der Waals surface area contributed by atoms with Crippen LogP contribution < -0.4 is 10.1 Å². The molecule has 1 fully saturated rings. The summed E-state index contributed by atoms with van der Waals surface area (Å²) in [6.45, 7) is 4.66. The van der Waals surface area contributed by atoms with E-state index in [1.165, 1.54) is 0 Å². The van der Waals surface area contributed by atoms with E-state index in [-0.39, 0.29) is 24.2 Å². The predicted molar refractivity (Wildman–Crippen MR) is 133 cm³/mol. The molecule has 4 rings (SSSR count). The van der Waals surface area contributed by atoms with Gasteiger partial charge in [0, 0.05) is 32.4 Å². The van der Waals surface area contributed by atoms with Crippen LogP contribution in [0.2, 0.25) is 5.02 Å². The number of nitrogens with zero attached hydrogens (tertiary/aromatic N) is 3. The van der Waals surface area contributed by atoms with E-state index in [2.05, 4.69) is 10.3 Å². The number of hydrogen-bond acceptors (Lipinski definition) is 5. The summed E-state index contributed by atoms with van der Waals surface area (Å²) in [6, 6.07) is 18.2. The van der Waals surface area contributed by atoms with Crippen LogP contribution in [0.4, 0.5) is 5.69 Å². The number of halogens is 1. The number of anilines is 1. The zero-order valence-corrected chi connectivity index (χ0v) is 19.8. The molecule has 0 unspecified atom stereocenters. The maximum atomic E-state index is 13.3. The van der Waals surface area contributed by atoms with Crippen molar-refractivity contribution in [1.29, 1.82) is 0 Å². The summed E-state index contributed by atoms with van der Waals surface area (Å²) in [5, 5.41) is 3.36. The molecule has 0 aliphatic carbocycles. The van der Waals surface area contributed by atoms with E-state index >= 15 is 0 Å². The quantitative estimate of drug-likeness (QED) is 0.559. The van der Waals surface area contributed by atoms with E-state index in [4.69, 9.17) is 16.3 Å². The van der Waals surface area contributed by atoms with Crippen LogP contribution in [0.3, 0.4) is 0 Å². The maximum Gasteiger partial charge on any atom is 0.259 e. The number of carbonyl (C=O) groups excluding carboxylic acids is 2. The highest BCUT2D eigenvalue weighted by molar-refractivity contribution is 6.33. The highest BCUT2D eigenvalue weighted by atomic mass is 35.5. The molecular formula is C26H27ClN4O3. The molecule has 2 heterocycles.